The van der Waals surface area contributed by atoms with Crippen molar-refractivity contribution < 1.29 is 14.2 Å². The third-order valence-electron chi connectivity index (χ3n) is 6.21. The SMILES string of the molecule is c1ccc(COc2cnc(-c3ccc(Oc4ccc(-c5ncc(OCc6ccccc6)cn5)cc4)cc3)nc2)cc1. The van der Waals surface area contributed by atoms with Crippen LogP contribution < -0.4 is 14.2 Å². The normalized spacial score (nSPS) is 10.6. The minimum atomic E-state index is 0.472. The van der Waals surface area contributed by atoms with Crippen molar-refractivity contribution in [3.8, 4) is 45.8 Å². The molecule has 0 bridgehead atoms. The monoisotopic (exact) mass is 538 g/mol. The van der Waals surface area contributed by atoms with E-state index in [0.717, 1.165) is 22.3 Å². The van der Waals surface area contributed by atoms with Gasteiger partial charge in [-0.3, -0.25) is 0 Å². The van der Waals surface area contributed by atoms with Crippen molar-refractivity contribution in [2.24, 2.45) is 0 Å². The molecule has 2 heterocycles. The number of hydrogen-bond acceptors (Lipinski definition) is 7. The lowest BCUT2D eigenvalue weighted by Gasteiger charge is -2.09. The van der Waals surface area contributed by atoms with Crippen LogP contribution in [-0.4, -0.2) is 19.9 Å². The lowest BCUT2D eigenvalue weighted by molar-refractivity contribution is 0.303. The van der Waals surface area contributed by atoms with Gasteiger partial charge in [-0.05, 0) is 59.7 Å². The zero-order chi connectivity index (χ0) is 27.7. The molecule has 4 aromatic carbocycles. The minimum absolute atomic E-state index is 0.472. The number of nitrogens with zero attached hydrogens (tertiary/aromatic N) is 4. The first-order valence-corrected chi connectivity index (χ1v) is 13.1. The molecule has 0 fully saturated rings. The summed E-state index contributed by atoms with van der Waals surface area (Å²) in [5.41, 5.74) is 3.95. The summed E-state index contributed by atoms with van der Waals surface area (Å²) in [6.07, 6.45) is 6.75. The highest BCUT2D eigenvalue weighted by Crippen LogP contribution is 2.27. The van der Waals surface area contributed by atoms with Gasteiger partial charge in [-0.25, -0.2) is 19.9 Å². The molecule has 0 saturated heterocycles. The minimum Gasteiger partial charge on any atom is -0.486 e. The second-order valence-corrected chi connectivity index (χ2v) is 9.18. The summed E-state index contributed by atoms with van der Waals surface area (Å²) >= 11 is 0. The maximum absolute atomic E-state index is 6.02. The Morgan fingerprint density at radius 1 is 0.390 bits per heavy atom. The van der Waals surface area contributed by atoms with Crippen molar-refractivity contribution in [2.75, 3.05) is 0 Å². The zero-order valence-corrected chi connectivity index (χ0v) is 22.1. The maximum atomic E-state index is 6.02. The largest absolute Gasteiger partial charge is 0.486 e. The van der Waals surface area contributed by atoms with E-state index >= 15 is 0 Å². The van der Waals surface area contributed by atoms with E-state index in [1.165, 1.54) is 0 Å². The van der Waals surface area contributed by atoms with Crippen molar-refractivity contribution in [3.05, 3.63) is 145 Å². The molecule has 0 aliphatic heterocycles. The van der Waals surface area contributed by atoms with Crippen LogP contribution in [0.1, 0.15) is 11.1 Å². The van der Waals surface area contributed by atoms with Crippen LogP contribution in [0, 0.1) is 0 Å². The van der Waals surface area contributed by atoms with Gasteiger partial charge in [-0.15, -0.1) is 0 Å². The summed E-state index contributed by atoms with van der Waals surface area (Å²) in [6.45, 7) is 0.944. The van der Waals surface area contributed by atoms with Gasteiger partial charge >= 0.3 is 0 Å². The van der Waals surface area contributed by atoms with Gasteiger partial charge in [-0.2, -0.15) is 0 Å². The fraction of sp³-hybridized carbons (Fsp3) is 0.0588. The van der Waals surface area contributed by atoms with E-state index in [1.807, 2.05) is 109 Å². The summed E-state index contributed by atoms with van der Waals surface area (Å²) in [7, 11) is 0. The van der Waals surface area contributed by atoms with Crippen molar-refractivity contribution in [2.45, 2.75) is 13.2 Å². The van der Waals surface area contributed by atoms with E-state index in [0.29, 0.717) is 47.9 Å². The third-order valence-corrected chi connectivity index (χ3v) is 6.21. The number of rotatable bonds is 10. The molecule has 6 aromatic rings. The van der Waals surface area contributed by atoms with E-state index < -0.39 is 0 Å². The first kappa shape index (κ1) is 25.7. The van der Waals surface area contributed by atoms with Crippen molar-refractivity contribution in [3.63, 3.8) is 0 Å². The highest BCUT2D eigenvalue weighted by molar-refractivity contribution is 5.58. The third kappa shape index (κ3) is 6.91. The quantitative estimate of drug-likeness (QED) is 0.178. The van der Waals surface area contributed by atoms with Crippen molar-refractivity contribution in [1.29, 1.82) is 0 Å². The Hall–Kier alpha value is -5.56. The highest BCUT2D eigenvalue weighted by Gasteiger charge is 2.06. The summed E-state index contributed by atoms with van der Waals surface area (Å²) < 4.78 is 17.6. The average Bonchev–Trinajstić information content (AvgIpc) is 3.05. The molecule has 7 heteroatoms. The molecule has 200 valence electrons. The summed E-state index contributed by atoms with van der Waals surface area (Å²) in [5, 5.41) is 0. The Kier molecular flexibility index (Phi) is 7.86. The van der Waals surface area contributed by atoms with Gasteiger partial charge in [0.15, 0.2) is 23.1 Å². The molecule has 6 rings (SSSR count). The molecule has 7 nitrogen and oxygen atoms in total. The molecule has 0 unspecified atom stereocenters. The molecule has 0 radical (unpaired) electrons. The van der Waals surface area contributed by atoms with E-state index in [1.54, 1.807) is 24.8 Å². The van der Waals surface area contributed by atoms with Crippen LogP contribution in [0.4, 0.5) is 0 Å². The molecule has 0 saturated carbocycles. The Morgan fingerprint density at radius 2 is 0.756 bits per heavy atom. The van der Waals surface area contributed by atoms with Crippen LogP contribution in [-0.2, 0) is 13.2 Å². The Balaban J connectivity index is 1.02. The molecule has 0 spiro atoms. The molecule has 0 aliphatic rings. The molecule has 41 heavy (non-hydrogen) atoms. The highest BCUT2D eigenvalue weighted by atomic mass is 16.5. The average molecular weight is 539 g/mol. The van der Waals surface area contributed by atoms with E-state index in [-0.39, 0.29) is 0 Å². The number of ether oxygens (including phenoxy) is 3. The predicted molar refractivity (Wildman–Crippen MR) is 157 cm³/mol. The van der Waals surface area contributed by atoms with Gasteiger partial charge < -0.3 is 14.2 Å². The summed E-state index contributed by atoms with van der Waals surface area (Å²) in [5.74, 6) is 3.90. The first-order valence-electron chi connectivity index (χ1n) is 13.1. The lowest BCUT2D eigenvalue weighted by Crippen LogP contribution is -1.97. The second kappa shape index (κ2) is 12.5. The van der Waals surface area contributed by atoms with Crippen LogP contribution in [0.25, 0.3) is 22.8 Å². The van der Waals surface area contributed by atoms with Gasteiger partial charge in [0.1, 0.15) is 24.7 Å². The van der Waals surface area contributed by atoms with Crippen LogP contribution in [0.3, 0.4) is 0 Å². The van der Waals surface area contributed by atoms with Crippen molar-refractivity contribution >= 4 is 0 Å². The van der Waals surface area contributed by atoms with Gasteiger partial charge in [0.05, 0.1) is 24.8 Å². The fourth-order valence-electron chi connectivity index (χ4n) is 4.04. The van der Waals surface area contributed by atoms with Gasteiger partial charge in [-0.1, -0.05) is 60.7 Å². The number of benzene rings is 4. The van der Waals surface area contributed by atoms with E-state index in [9.17, 15) is 0 Å². The number of hydrogen-bond donors (Lipinski definition) is 0. The number of aromatic nitrogens is 4. The standard InChI is InChI=1S/C34H26N4O3/c1-3-7-25(8-4-1)23-39-31-19-35-33(36-20-31)27-11-15-29(16-12-27)41-30-17-13-28(14-18-30)34-37-21-32(22-38-34)40-24-26-9-5-2-6-10-26/h1-22H,23-24H2. The lowest BCUT2D eigenvalue weighted by atomic mass is 10.2. The molecular weight excluding hydrogens is 512 g/mol. The van der Waals surface area contributed by atoms with E-state index in [2.05, 4.69) is 19.9 Å². The van der Waals surface area contributed by atoms with Gasteiger partial charge in [0.25, 0.3) is 0 Å². The molecule has 0 N–H and O–H groups in total. The van der Waals surface area contributed by atoms with Crippen LogP contribution >= 0.6 is 0 Å². The summed E-state index contributed by atoms with van der Waals surface area (Å²) in [4.78, 5) is 17.8. The Labute approximate surface area is 238 Å². The van der Waals surface area contributed by atoms with Crippen LogP contribution in [0.2, 0.25) is 0 Å². The summed E-state index contributed by atoms with van der Waals surface area (Å²) in [6, 6.07) is 35.3. The predicted octanol–water partition coefficient (Wildman–Crippen LogP) is 7.55. The van der Waals surface area contributed by atoms with E-state index in [4.69, 9.17) is 14.2 Å². The molecule has 2 aromatic heterocycles. The molecule has 0 amide bonds. The van der Waals surface area contributed by atoms with Crippen LogP contribution in [0.15, 0.2) is 134 Å². The van der Waals surface area contributed by atoms with Gasteiger partial charge in [0.2, 0.25) is 0 Å². The second-order valence-electron chi connectivity index (χ2n) is 9.18. The van der Waals surface area contributed by atoms with Gasteiger partial charge in [0, 0.05) is 11.1 Å². The first-order chi connectivity index (χ1) is 20.3. The maximum Gasteiger partial charge on any atom is 0.159 e. The topological polar surface area (TPSA) is 79.2 Å². The zero-order valence-electron chi connectivity index (χ0n) is 22.1. The van der Waals surface area contributed by atoms with Crippen LogP contribution in [0.5, 0.6) is 23.0 Å². The smallest absolute Gasteiger partial charge is 0.159 e. The Morgan fingerprint density at radius 3 is 1.12 bits per heavy atom. The fourth-order valence-corrected chi connectivity index (χ4v) is 4.04. The van der Waals surface area contributed by atoms with Crippen molar-refractivity contribution in [1.82, 2.24) is 19.9 Å². The molecule has 0 atom stereocenters. The molecular formula is C34H26N4O3. The Bertz CT molecular complexity index is 1530. The molecule has 0 aliphatic carbocycles.